The van der Waals surface area contributed by atoms with E-state index in [-0.39, 0.29) is 0 Å². The normalized spacial score (nSPS) is 11.6. The lowest BCUT2D eigenvalue weighted by Crippen LogP contribution is -1.72. The fourth-order valence-corrected chi connectivity index (χ4v) is 3.71. The van der Waals surface area contributed by atoms with Crippen LogP contribution in [0.25, 0.3) is 43.7 Å². The molecule has 5 aromatic rings. The SMILES string of the molecule is Cc1ccc2oc(-c3ccc(-c4nc5cc(C)ccc5o4)s3)nc2c1. The molecule has 4 nitrogen and oxygen atoms in total. The van der Waals surface area contributed by atoms with Crippen LogP contribution >= 0.6 is 11.3 Å². The number of oxazole rings is 2. The zero-order valence-electron chi connectivity index (χ0n) is 13.7. The van der Waals surface area contributed by atoms with Crippen molar-refractivity contribution in [1.82, 2.24) is 9.97 Å². The minimum atomic E-state index is 0.629. The topological polar surface area (TPSA) is 52.1 Å². The van der Waals surface area contributed by atoms with Gasteiger partial charge in [0.2, 0.25) is 11.8 Å². The molecule has 0 aliphatic rings. The monoisotopic (exact) mass is 346 g/mol. The quantitative estimate of drug-likeness (QED) is 0.394. The molecular formula is C20H14N2O2S. The van der Waals surface area contributed by atoms with Gasteiger partial charge in [-0.25, -0.2) is 9.97 Å². The van der Waals surface area contributed by atoms with Gasteiger partial charge in [0.1, 0.15) is 11.0 Å². The van der Waals surface area contributed by atoms with Crippen molar-refractivity contribution in [1.29, 1.82) is 0 Å². The van der Waals surface area contributed by atoms with E-state index in [9.17, 15) is 0 Å². The summed E-state index contributed by atoms with van der Waals surface area (Å²) in [5.41, 5.74) is 5.69. The molecule has 3 heterocycles. The molecule has 0 aliphatic carbocycles. The molecule has 0 fully saturated rings. The Labute approximate surface area is 147 Å². The zero-order chi connectivity index (χ0) is 17.0. The van der Waals surface area contributed by atoms with Crippen molar-refractivity contribution in [3.05, 3.63) is 59.7 Å². The number of fused-ring (bicyclic) bond motifs is 2. The highest BCUT2D eigenvalue weighted by Gasteiger charge is 2.15. The molecule has 0 bridgehead atoms. The standard InChI is InChI=1S/C20H14N2O2S/c1-11-3-5-15-13(9-11)21-19(23-15)17-7-8-18(25-17)20-22-14-10-12(2)4-6-16(14)24-20/h3-10H,1-2H3. The Morgan fingerprint density at radius 3 is 1.64 bits per heavy atom. The van der Waals surface area contributed by atoms with Crippen LogP contribution in [0.3, 0.4) is 0 Å². The van der Waals surface area contributed by atoms with Crippen LogP contribution in [0, 0.1) is 13.8 Å². The minimum absolute atomic E-state index is 0.629. The first-order chi connectivity index (χ1) is 12.2. The highest BCUT2D eigenvalue weighted by molar-refractivity contribution is 7.18. The lowest BCUT2D eigenvalue weighted by molar-refractivity contribution is 0.621. The highest BCUT2D eigenvalue weighted by Crippen LogP contribution is 2.36. The van der Waals surface area contributed by atoms with Gasteiger partial charge < -0.3 is 8.83 Å². The van der Waals surface area contributed by atoms with Crippen LogP contribution in [0.15, 0.2) is 57.4 Å². The number of hydrogen-bond acceptors (Lipinski definition) is 5. The van der Waals surface area contributed by atoms with Gasteiger partial charge in [0.15, 0.2) is 11.2 Å². The molecule has 0 saturated heterocycles. The van der Waals surface area contributed by atoms with Gasteiger partial charge in [-0.05, 0) is 61.4 Å². The molecule has 5 rings (SSSR count). The number of aromatic nitrogens is 2. The van der Waals surface area contributed by atoms with Crippen LogP contribution in [-0.4, -0.2) is 9.97 Å². The fourth-order valence-electron chi connectivity index (χ4n) is 2.85. The number of benzene rings is 2. The van der Waals surface area contributed by atoms with E-state index in [1.165, 1.54) is 11.1 Å². The van der Waals surface area contributed by atoms with Crippen LogP contribution in [0.1, 0.15) is 11.1 Å². The smallest absolute Gasteiger partial charge is 0.237 e. The molecule has 0 N–H and O–H groups in total. The molecule has 0 aliphatic heterocycles. The molecule has 0 unspecified atom stereocenters. The second-order valence-electron chi connectivity index (χ2n) is 6.14. The summed E-state index contributed by atoms with van der Waals surface area (Å²) in [6.45, 7) is 4.10. The van der Waals surface area contributed by atoms with E-state index in [0.717, 1.165) is 32.0 Å². The van der Waals surface area contributed by atoms with Crippen LogP contribution in [0.2, 0.25) is 0 Å². The molecule has 122 valence electrons. The largest absolute Gasteiger partial charge is 0.435 e. The van der Waals surface area contributed by atoms with Gasteiger partial charge in [-0.2, -0.15) is 0 Å². The van der Waals surface area contributed by atoms with Gasteiger partial charge in [-0.3, -0.25) is 0 Å². The van der Waals surface area contributed by atoms with Crippen molar-refractivity contribution in [2.45, 2.75) is 13.8 Å². The maximum absolute atomic E-state index is 5.88. The summed E-state index contributed by atoms with van der Waals surface area (Å²) in [4.78, 5) is 11.1. The predicted molar refractivity (Wildman–Crippen MR) is 99.8 cm³/mol. The van der Waals surface area contributed by atoms with Crippen molar-refractivity contribution in [2.75, 3.05) is 0 Å². The molecule has 0 radical (unpaired) electrons. The third-order valence-corrected chi connectivity index (χ3v) is 5.17. The first-order valence-electron chi connectivity index (χ1n) is 8.01. The van der Waals surface area contributed by atoms with E-state index in [0.29, 0.717) is 11.8 Å². The first-order valence-corrected chi connectivity index (χ1v) is 8.82. The van der Waals surface area contributed by atoms with E-state index in [1.807, 2.05) is 62.4 Å². The number of nitrogens with zero attached hydrogens (tertiary/aromatic N) is 2. The average molecular weight is 346 g/mol. The summed E-state index contributed by atoms with van der Waals surface area (Å²) < 4.78 is 11.8. The van der Waals surface area contributed by atoms with Crippen molar-refractivity contribution in [3.63, 3.8) is 0 Å². The Kier molecular flexibility index (Phi) is 3.05. The van der Waals surface area contributed by atoms with Crippen LogP contribution in [0.4, 0.5) is 0 Å². The molecule has 25 heavy (non-hydrogen) atoms. The maximum atomic E-state index is 5.88. The Morgan fingerprint density at radius 2 is 1.16 bits per heavy atom. The van der Waals surface area contributed by atoms with Crippen LogP contribution in [-0.2, 0) is 0 Å². The Bertz CT molecular complexity index is 1130. The summed E-state index contributed by atoms with van der Waals surface area (Å²) in [6, 6.07) is 16.0. The summed E-state index contributed by atoms with van der Waals surface area (Å²) in [7, 11) is 0. The summed E-state index contributed by atoms with van der Waals surface area (Å²) in [5, 5.41) is 0. The number of rotatable bonds is 2. The average Bonchev–Trinajstić information content (AvgIpc) is 3.30. The first kappa shape index (κ1) is 14.4. The van der Waals surface area contributed by atoms with E-state index in [2.05, 4.69) is 9.97 Å². The number of aryl methyl sites for hydroxylation is 2. The molecule has 0 spiro atoms. The molecule has 0 atom stereocenters. The number of thiophene rings is 1. The van der Waals surface area contributed by atoms with Crippen molar-refractivity contribution >= 4 is 33.5 Å². The van der Waals surface area contributed by atoms with Gasteiger partial charge in [0, 0.05) is 0 Å². The Morgan fingerprint density at radius 1 is 0.680 bits per heavy atom. The van der Waals surface area contributed by atoms with E-state index >= 15 is 0 Å². The second-order valence-corrected chi connectivity index (χ2v) is 7.23. The van der Waals surface area contributed by atoms with Crippen LogP contribution < -0.4 is 0 Å². The van der Waals surface area contributed by atoms with Crippen molar-refractivity contribution in [3.8, 4) is 21.5 Å². The van der Waals surface area contributed by atoms with Gasteiger partial charge in [-0.15, -0.1) is 11.3 Å². The van der Waals surface area contributed by atoms with Crippen molar-refractivity contribution in [2.24, 2.45) is 0 Å². The predicted octanol–water partition coefficient (Wildman–Crippen LogP) is 5.98. The van der Waals surface area contributed by atoms with Gasteiger partial charge in [0.05, 0.1) is 9.75 Å². The third-order valence-electron chi connectivity index (χ3n) is 4.11. The van der Waals surface area contributed by atoms with E-state index < -0.39 is 0 Å². The lowest BCUT2D eigenvalue weighted by Gasteiger charge is -1.88. The summed E-state index contributed by atoms with van der Waals surface area (Å²) in [6.07, 6.45) is 0. The number of hydrogen-bond donors (Lipinski definition) is 0. The fraction of sp³-hybridized carbons (Fsp3) is 0.100. The van der Waals surface area contributed by atoms with Gasteiger partial charge in [-0.1, -0.05) is 12.1 Å². The molecule has 5 heteroatoms. The minimum Gasteiger partial charge on any atom is -0.435 e. The second kappa shape index (κ2) is 5.29. The van der Waals surface area contributed by atoms with E-state index in [1.54, 1.807) is 11.3 Å². The summed E-state index contributed by atoms with van der Waals surface area (Å²) in [5.74, 6) is 1.26. The lowest BCUT2D eigenvalue weighted by atomic mass is 10.2. The molecular weight excluding hydrogens is 332 g/mol. The van der Waals surface area contributed by atoms with Crippen LogP contribution in [0.5, 0.6) is 0 Å². The third kappa shape index (κ3) is 2.44. The Balaban J connectivity index is 1.56. The Hall–Kier alpha value is -2.92. The molecule has 3 aromatic heterocycles. The maximum Gasteiger partial charge on any atom is 0.237 e. The zero-order valence-corrected chi connectivity index (χ0v) is 14.6. The highest BCUT2D eigenvalue weighted by atomic mass is 32.1. The van der Waals surface area contributed by atoms with E-state index in [4.69, 9.17) is 8.83 Å². The summed E-state index contributed by atoms with van der Waals surface area (Å²) >= 11 is 1.57. The molecule has 0 amide bonds. The molecule has 2 aromatic carbocycles. The van der Waals surface area contributed by atoms with Crippen molar-refractivity contribution < 1.29 is 8.83 Å². The van der Waals surface area contributed by atoms with Gasteiger partial charge in [0.25, 0.3) is 0 Å². The molecule has 0 saturated carbocycles. The van der Waals surface area contributed by atoms with Gasteiger partial charge >= 0.3 is 0 Å².